The molecule has 0 spiro atoms. The first-order chi connectivity index (χ1) is 6.24. The van der Waals surface area contributed by atoms with Gasteiger partial charge in [-0.05, 0) is 18.6 Å². The zero-order valence-corrected chi connectivity index (χ0v) is 7.81. The lowest BCUT2D eigenvalue weighted by Crippen LogP contribution is -1.82. The lowest BCUT2D eigenvalue weighted by Gasteiger charge is -1.98. The minimum Gasteiger partial charge on any atom is -0.359 e. The highest BCUT2D eigenvalue weighted by molar-refractivity contribution is 6.35. The highest BCUT2D eigenvalue weighted by Crippen LogP contribution is 2.26. The molecule has 0 amide bonds. The van der Waals surface area contributed by atoms with Crippen LogP contribution in [0.1, 0.15) is 11.1 Å². The maximum absolute atomic E-state index is 8.79. The van der Waals surface area contributed by atoms with Gasteiger partial charge in [0.15, 0.2) is 0 Å². The van der Waals surface area contributed by atoms with E-state index in [1.165, 1.54) is 0 Å². The van der Waals surface area contributed by atoms with Crippen LogP contribution in [-0.4, -0.2) is 4.98 Å². The normalized spacial score (nSPS) is 10.2. The Hall–Kier alpha value is -1.46. The first kappa shape index (κ1) is 8.15. The maximum Gasteiger partial charge on any atom is 0.0995 e. The number of fused-ring (bicyclic) bond motifs is 1. The SMILES string of the molecule is Cc1c(C#N)ccc2c(Cl)c[nH]c12. The number of nitriles is 1. The summed E-state index contributed by atoms with van der Waals surface area (Å²) in [4.78, 5) is 3.05. The summed E-state index contributed by atoms with van der Waals surface area (Å²) in [7, 11) is 0. The first-order valence-corrected chi connectivity index (χ1v) is 4.28. The van der Waals surface area contributed by atoms with Crippen LogP contribution in [0.5, 0.6) is 0 Å². The molecule has 1 heterocycles. The number of nitrogens with zero attached hydrogens (tertiary/aromatic N) is 1. The number of aromatic amines is 1. The molecule has 0 aliphatic carbocycles. The molecule has 3 heteroatoms. The molecule has 0 radical (unpaired) electrons. The third-order valence-electron chi connectivity index (χ3n) is 2.19. The second-order valence-corrected chi connectivity index (χ2v) is 3.32. The lowest BCUT2D eigenvalue weighted by molar-refractivity contribution is 1.38. The van der Waals surface area contributed by atoms with E-state index in [0.29, 0.717) is 10.6 Å². The summed E-state index contributed by atoms with van der Waals surface area (Å²) in [5, 5.41) is 10.5. The molecule has 2 nitrogen and oxygen atoms in total. The van der Waals surface area contributed by atoms with Gasteiger partial charge in [-0.15, -0.1) is 0 Å². The van der Waals surface area contributed by atoms with E-state index in [2.05, 4.69) is 11.1 Å². The topological polar surface area (TPSA) is 39.6 Å². The summed E-state index contributed by atoms with van der Waals surface area (Å²) in [6, 6.07) is 5.78. The van der Waals surface area contributed by atoms with E-state index in [1.54, 1.807) is 12.3 Å². The van der Waals surface area contributed by atoms with E-state index in [-0.39, 0.29) is 0 Å². The lowest BCUT2D eigenvalue weighted by atomic mass is 10.1. The number of aromatic nitrogens is 1. The molecule has 0 saturated heterocycles. The van der Waals surface area contributed by atoms with Crippen LogP contribution in [0.25, 0.3) is 10.9 Å². The van der Waals surface area contributed by atoms with Crippen molar-refractivity contribution in [3.05, 3.63) is 34.5 Å². The van der Waals surface area contributed by atoms with Gasteiger partial charge in [0.1, 0.15) is 0 Å². The number of aryl methyl sites for hydroxylation is 1. The maximum atomic E-state index is 8.79. The smallest absolute Gasteiger partial charge is 0.0995 e. The highest BCUT2D eigenvalue weighted by Gasteiger charge is 2.06. The molecule has 64 valence electrons. The number of benzene rings is 1. The van der Waals surface area contributed by atoms with Gasteiger partial charge in [0.25, 0.3) is 0 Å². The monoisotopic (exact) mass is 190 g/mol. The highest BCUT2D eigenvalue weighted by atomic mass is 35.5. The minimum atomic E-state index is 0.686. The third kappa shape index (κ3) is 1.09. The van der Waals surface area contributed by atoms with E-state index in [1.807, 2.05) is 13.0 Å². The molecule has 0 fully saturated rings. The summed E-state index contributed by atoms with van der Waals surface area (Å²) in [5.41, 5.74) is 2.59. The van der Waals surface area contributed by atoms with Crippen LogP contribution < -0.4 is 0 Å². The molecule has 13 heavy (non-hydrogen) atoms. The Morgan fingerprint density at radius 2 is 2.23 bits per heavy atom. The van der Waals surface area contributed by atoms with Gasteiger partial charge in [-0.2, -0.15) is 5.26 Å². The molecule has 0 unspecified atom stereocenters. The van der Waals surface area contributed by atoms with Gasteiger partial charge in [-0.25, -0.2) is 0 Å². The van der Waals surface area contributed by atoms with Crippen molar-refractivity contribution < 1.29 is 0 Å². The Morgan fingerprint density at radius 3 is 2.92 bits per heavy atom. The van der Waals surface area contributed by atoms with Gasteiger partial charge in [-0.1, -0.05) is 17.7 Å². The fraction of sp³-hybridized carbons (Fsp3) is 0.100. The van der Waals surface area contributed by atoms with Gasteiger partial charge in [0, 0.05) is 11.6 Å². The summed E-state index contributed by atoms with van der Waals surface area (Å²) >= 11 is 5.93. The van der Waals surface area contributed by atoms with Crippen molar-refractivity contribution in [1.82, 2.24) is 4.98 Å². The van der Waals surface area contributed by atoms with Gasteiger partial charge in [0.2, 0.25) is 0 Å². The zero-order chi connectivity index (χ0) is 9.42. The first-order valence-electron chi connectivity index (χ1n) is 3.90. The number of hydrogen-bond acceptors (Lipinski definition) is 1. The van der Waals surface area contributed by atoms with Crippen LogP contribution >= 0.6 is 11.6 Å². The number of rotatable bonds is 0. The fourth-order valence-electron chi connectivity index (χ4n) is 1.43. The fourth-order valence-corrected chi connectivity index (χ4v) is 1.64. The molecular formula is C10H7ClN2. The Bertz CT molecular complexity index is 505. The third-order valence-corrected chi connectivity index (χ3v) is 2.50. The van der Waals surface area contributed by atoms with Crippen LogP contribution in [0.2, 0.25) is 5.02 Å². The van der Waals surface area contributed by atoms with Crippen molar-refractivity contribution >= 4 is 22.5 Å². The summed E-state index contributed by atoms with van der Waals surface area (Å²) in [5.74, 6) is 0. The van der Waals surface area contributed by atoms with Crippen LogP contribution in [0.3, 0.4) is 0 Å². The minimum absolute atomic E-state index is 0.686. The van der Waals surface area contributed by atoms with Gasteiger partial charge >= 0.3 is 0 Å². The molecule has 0 atom stereocenters. The number of hydrogen-bond donors (Lipinski definition) is 1. The predicted molar refractivity (Wildman–Crippen MR) is 52.8 cm³/mol. The largest absolute Gasteiger partial charge is 0.359 e. The van der Waals surface area contributed by atoms with Crippen LogP contribution in [0.15, 0.2) is 18.3 Å². The molecule has 1 aromatic carbocycles. The van der Waals surface area contributed by atoms with E-state index in [4.69, 9.17) is 16.9 Å². The van der Waals surface area contributed by atoms with Crippen LogP contribution in [-0.2, 0) is 0 Å². The second-order valence-electron chi connectivity index (χ2n) is 2.91. The van der Waals surface area contributed by atoms with Gasteiger partial charge < -0.3 is 4.98 Å². The molecule has 1 N–H and O–H groups in total. The average molecular weight is 191 g/mol. The van der Waals surface area contributed by atoms with Crippen molar-refractivity contribution in [3.63, 3.8) is 0 Å². The number of halogens is 1. The molecule has 0 aliphatic heterocycles. The summed E-state index contributed by atoms with van der Waals surface area (Å²) < 4.78 is 0. The predicted octanol–water partition coefficient (Wildman–Crippen LogP) is 3.00. The van der Waals surface area contributed by atoms with Crippen molar-refractivity contribution in [1.29, 1.82) is 5.26 Å². The van der Waals surface area contributed by atoms with Crippen molar-refractivity contribution in [2.45, 2.75) is 6.92 Å². The van der Waals surface area contributed by atoms with Crippen molar-refractivity contribution in [2.24, 2.45) is 0 Å². The van der Waals surface area contributed by atoms with Crippen molar-refractivity contribution in [3.8, 4) is 6.07 Å². The number of H-pyrrole nitrogens is 1. The summed E-state index contributed by atoms with van der Waals surface area (Å²) in [6.07, 6.45) is 1.74. The summed E-state index contributed by atoms with van der Waals surface area (Å²) in [6.45, 7) is 1.91. The molecule has 0 bridgehead atoms. The zero-order valence-electron chi connectivity index (χ0n) is 7.06. The van der Waals surface area contributed by atoms with E-state index in [9.17, 15) is 0 Å². The molecule has 0 saturated carbocycles. The van der Waals surface area contributed by atoms with Crippen molar-refractivity contribution in [2.75, 3.05) is 0 Å². The van der Waals surface area contributed by atoms with Crippen LogP contribution in [0.4, 0.5) is 0 Å². The molecular weight excluding hydrogens is 184 g/mol. The Morgan fingerprint density at radius 1 is 1.46 bits per heavy atom. The van der Waals surface area contributed by atoms with Gasteiger partial charge in [0.05, 0.1) is 22.2 Å². The Balaban J connectivity index is 2.90. The molecule has 0 aliphatic rings. The number of nitrogens with one attached hydrogen (secondary N) is 1. The van der Waals surface area contributed by atoms with E-state index in [0.717, 1.165) is 16.5 Å². The second kappa shape index (κ2) is 2.79. The van der Waals surface area contributed by atoms with Crippen LogP contribution in [0, 0.1) is 18.3 Å². The van der Waals surface area contributed by atoms with E-state index >= 15 is 0 Å². The Labute approximate surface area is 80.7 Å². The van der Waals surface area contributed by atoms with Gasteiger partial charge in [-0.3, -0.25) is 0 Å². The average Bonchev–Trinajstić information content (AvgIpc) is 2.50. The quantitative estimate of drug-likeness (QED) is 0.682. The van der Waals surface area contributed by atoms with E-state index < -0.39 is 0 Å². The standard InChI is InChI=1S/C10H7ClN2/c1-6-7(4-12)2-3-8-9(11)5-13-10(6)8/h2-3,5,13H,1H3. The molecule has 2 aromatic rings. The molecule has 1 aromatic heterocycles. The molecule has 2 rings (SSSR count). The Kier molecular flexibility index (Phi) is 1.75.